The summed E-state index contributed by atoms with van der Waals surface area (Å²) in [5.41, 5.74) is 0.683. The van der Waals surface area contributed by atoms with Crippen LogP contribution in [0.5, 0.6) is 0 Å². The molecule has 2 rings (SSSR count). The van der Waals surface area contributed by atoms with E-state index in [4.69, 9.17) is 10.2 Å². The van der Waals surface area contributed by atoms with E-state index in [0.717, 1.165) is 6.54 Å². The third-order valence-electron chi connectivity index (χ3n) is 2.74. The van der Waals surface area contributed by atoms with Gasteiger partial charge in [0.05, 0.1) is 31.5 Å². The van der Waals surface area contributed by atoms with Crippen LogP contribution in [0, 0.1) is 0 Å². The van der Waals surface area contributed by atoms with Gasteiger partial charge in [0, 0.05) is 12.1 Å². The minimum atomic E-state index is -1.00. The third-order valence-corrected chi connectivity index (χ3v) is 2.74. The fourth-order valence-corrected chi connectivity index (χ4v) is 1.81. The Morgan fingerprint density at radius 3 is 2.86 bits per heavy atom. The highest BCUT2D eigenvalue weighted by atomic mass is 127. The smallest absolute Gasteiger partial charge is 0.336 e. The van der Waals surface area contributed by atoms with E-state index in [1.54, 1.807) is 18.2 Å². The van der Waals surface area contributed by atoms with Gasteiger partial charge in [-0.2, -0.15) is 5.10 Å². The van der Waals surface area contributed by atoms with E-state index in [-0.39, 0.29) is 42.7 Å². The number of carboxylic acids is 1. The highest BCUT2D eigenvalue weighted by Gasteiger charge is 2.13. The predicted molar refractivity (Wildman–Crippen MR) is 90.5 cm³/mol. The Hall–Kier alpha value is -1.68. The zero-order valence-corrected chi connectivity index (χ0v) is 13.6. The van der Waals surface area contributed by atoms with Crippen molar-refractivity contribution in [3.8, 4) is 0 Å². The summed E-state index contributed by atoms with van der Waals surface area (Å²) in [5.74, 6) is -0.416. The van der Waals surface area contributed by atoms with Crippen molar-refractivity contribution in [1.29, 1.82) is 0 Å². The molecule has 0 amide bonds. The number of aliphatic imine (C=N–C) groups is 1. The molecule has 114 valence electrons. The lowest BCUT2D eigenvalue weighted by Crippen LogP contribution is -2.36. The van der Waals surface area contributed by atoms with Crippen molar-refractivity contribution in [1.82, 2.24) is 10.3 Å². The molecule has 0 radical (unpaired) electrons. The summed E-state index contributed by atoms with van der Waals surface area (Å²) in [6.45, 7) is 1.62. The van der Waals surface area contributed by atoms with Crippen LogP contribution in [0.1, 0.15) is 15.9 Å². The number of carbonyl (C=O) groups is 1. The van der Waals surface area contributed by atoms with E-state index < -0.39 is 5.97 Å². The van der Waals surface area contributed by atoms with Crippen LogP contribution < -0.4 is 5.32 Å². The van der Waals surface area contributed by atoms with E-state index in [0.29, 0.717) is 18.1 Å². The van der Waals surface area contributed by atoms with Crippen molar-refractivity contribution in [2.75, 3.05) is 26.2 Å². The Morgan fingerprint density at radius 2 is 2.24 bits per heavy atom. The highest BCUT2D eigenvalue weighted by Crippen LogP contribution is 2.07. The Bertz CT molecular complexity index is 548. The SMILES string of the molecule is I.O=C(O)c1ccccc1/C=N/N(CCO)C1=NCCN1. The standard InChI is InChI=1S/C13H16N4O3.HI/c18-8-7-17(13-14-5-6-15-13)16-9-10-3-1-2-4-11(10)12(19)20;/h1-4,9,18H,5-8H2,(H,14,15)(H,19,20);1H/b16-9+;. The van der Waals surface area contributed by atoms with Gasteiger partial charge in [-0.05, 0) is 6.07 Å². The van der Waals surface area contributed by atoms with Gasteiger partial charge in [0.1, 0.15) is 0 Å². The second-order valence-electron chi connectivity index (χ2n) is 4.12. The van der Waals surface area contributed by atoms with Gasteiger partial charge in [-0.3, -0.25) is 0 Å². The van der Waals surface area contributed by atoms with E-state index in [1.165, 1.54) is 17.3 Å². The maximum atomic E-state index is 11.1. The maximum absolute atomic E-state index is 11.1. The van der Waals surface area contributed by atoms with Crippen molar-refractivity contribution >= 4 is 42.1 Å². The van der Waals surface area contributed by atoms with Crippen LogP contribution in [0.25, 0.3) is 0 Å². The summed E-state index contributed by atoms with van der Waals surface area (Å²) in [6, 6.07) is 6.60. The Balaban J connectivity index is 0.00000220. The number of rotatable bonds is 5. The number of nitrogens with zero attached hydrogens (tertiary/aromatic N) is 3. The summed E-state index contributed by atoms with van der Waals surface area (Å²) < 4.78 is 0. The largest absolute Gasteiger partial charge is 0.478 e. The number of hydrazone groups is 1. The second-order valence-corrected chi connectivity index (χ2v) is 4.12. The number of guanidine groups is 1. The molecule has 0 fully saturated rings. The maximum Gasteiger partial charge on any atom is 0.336 e. The molecule has 1 aromatic carbocycles. The number of nitrogens with one attached hydrogen (secondary N) is 1. The number of halogens is 1. The van der Waals surface area contributed by atoms with E-state index in [2.05, 4.69) is 15.4 Å². The van der Waals surface area contributed by atoms with Gasteiger partial charge >= 0.3 is 5.97 Å². The molecule has 0 bridgehead atoms. The monoisotopic (exact) mass is 404 g/mol. The fourth-order valence-electron chi connectivity index (χ4n) is 1.81. The first-order chi connectivity index (χ1) is 9.72. The average molecular weight is 404 g/mol. The minimum absolute atomic E-state index is 0. The van der Waals surface area contributed by atoms with E-state index in [9.17, 15) is 4.79 Å². The molecule has 21 heavy (non-hydrogen) atoms. The Morgan fingerprint density at radius 1 is 1.48 bits per heavy atom. The molecule has 0 aromatic heterocycles. The molecule has 0 unspecified atom stereocenters. The zero-order chi connectivity index (χ0) is 14.4. The van der Waals surface area contributed by atoms with Crippen molar-refractivity contribution in [3.63, 3.8) is 0 Å². The number of hydrogen-bond donors (Lipinski definition) is 3. The number of benzene rings is 1. The Kier molecular flexibility index (Phi) is 7.09. The summed E-state index contributed by atoms with van der Waals surface area (Å²) in [6.07, 6.45) is 1.46. The molecule has 0 saturated heterocycles. The van der Waals surface area contributed by atoms with Crippen LogP contribution in [0.3, 0.4) is 0 Å². The molecular formula is C13H17IN4O3. The van der Waals surface area contributed by atoms with Gasteiger partial charge in [0.2, 0.25) is 5.96 Å². The van der Waals surface area contributed by atoms with Crippen LogP contribution in [-0.4, -0.2) is 59.6 Å². The molecular weight excluding hydrogens is 387 g/mol. The molecule has 0 spiro atoms. The molecule has 0 saturated carbocycles. The van der Waals surface area contributed by atoms with Crippen LogP contribution in [-0.2, 0) is 0 Å². The molecule has 3 N–H and O–H groups in total. The quantitative estimate of drug-likeness (QED) is 0.379. The number of aliphatic hydroxyl groups excluding tert-OH is 1. The summed E-state index contributed by atoms with van der Waals surface area (Å²) in [4.78, 5) is 15.3. The Labute approximate surface area is 139 Å². The van der Waals surface area contributed by atoms with E-state index >= 15 is 0 Å². The van der Waals surface area contributed by atoms with Crippen molar-refractivity contribution in [3.05, 3.63) is 35.4 Å². The van der Waals surface area contributed by atoms with Crippen molar-refractivity contribution in [2.24, 2.45) is 10.1 Å². The van der Waals surface area contributed by atoms with Crippen LogP contribution in [0.15, 0.2) is 34.4 Å². The number of carboxylic acid groups (broad SMARTS) is 1. The van der Waals surface area contributed by atoms with Gasteiger partial charge in [0.15, 0.2) is 0 Å². The molecule has 0 atom stereocenters. The van der Waals surface area contributed by atoms with Crippen LogP contribution in [0.2, 0.25) is 0 Å². The first-order valence-electron chi connectivity index (χ1n) is 6.25. The first-order valence-corrected chi connectivity index (χ1v) is 6.25. The number of aliphatic hydroxyl groups is 1. The first kappa shape index (κ1) is 17.4. The van der Waals surface area contributed by atoms with Gasteiger partial charge in [-0.25, -0.2) is 14.8 Å². The highest BCUT2D eigenvalue weighted by molar-refractivity contribution is 14.0. The van der Waals surface area contributed by atoms with Crippen LogP contribution >= 0.6 is 24.0 Å². The topological polar surface area (TPSA) is 97.5 Å². The molecule has 8 heteroatoms. The molecule has 0 aliphatic carbocycles. The van der Waals surface area contributed by atoms with E-state index in [1.807, 2.05) is 0 Å². The second kappa shape index (κ2) is 8.57. The minimum Gasteiger partial charge on any atom is -0.478 e. The normalized spacial score (nSPS) is 13.5. The van der Waals surface area contributed by atoms with Gasteiger partial charge in [0.25, 0.3) is 0 Å². The molecule has 1 aromatic rings. The van der Waals surface area contributed by atoms with Crippen molar-refractivity contribution in [2.45, 2.75) is 0 Å². The van der Waals surface area contributed by atoms with Crippen LogP contribution in [0.4, 0.5) is 0 Å². The lowest BCUT2D eigenvalue weighted by Gasteiger charge is -2.17. The molecule has 1 heterocycles. The summed E-state index contributed by atoms with van der Waals surface area (Å²) in [5, 5.41) is 26.9. The molecule has 1 aliphatic heterocycles. The third kappa shape index (κ3) is 4.67. The summed E-state index contributed by atoms with van der Waals surface area (Å²) >= 11 is 0. The molecule has 1 aliphatic rings. The van der Waals surface area contributed by atoms with Gasteiger partial charge in [-0.15, -0.1) is 24.0 Å². The molecule has 7 nitrogen and oxygen atoms in total. The predicted octanol–water partition coefficient (Wildman–Crippen LogP) is 0.590. The average Bonchev–Trinajstić information content (AvgIpc) is 2.97. The number of hydrogen-bond acceptors (Lipinski definition) is 6. The number of aromatic carboxylic acids is 1. The van der Waals surface area contributed by atoms with Gasteiger partial charge in [-0.1, -0.05) is 18.2 Å². The lowest BCUT2D eigenvalue weighted by atomic mass is 10.1. The van der Waals surface area contributed by atoms with Gasteiger partial charge < -0.3 is 15.5 Å². The zero-order valence-electron chi connectivity index (χ0n) is 11.3. The lowest BCUT2D eigenvalue weighted by molar-refractivity contribution is 0.0696. The van der Waals surface area contributed by atoms with Crippen molar-refractivity contribution < 1.29 is 15.0 Å². The summed E-state index contributed by atoms with van der Waals surface area (Å²) in [7, 11) is 0. The fraction of sp³-hybridized carbons (Fsp3) is 0.308.